The molecular formula is C25H25F2N5O. The van der Waals surface area contributed by atoms with Gasteiger partial charge in [-0.25, -0.2) is 18.7 Å². The minimum Gasteiger partial charge on any atom is -0.421 e. The molecule has 0 amide bonds. The topological polar surface area (TPSA) is 76.7 Å². The Balaban J connectivity index is 1.23. The van der Waals surface area contributed by atoms with E-state index in [1.807, 2.05) is 12.1 Å². The molecule has 4 aromatic rings. The first-order chi connectivity index (χ1) is 16.0. The summed E-state index contributed by atoms with van der Waals surface area (Å²) in [5.41, 5.74) is 3.24. The Labute approximate surface area is 191 Å². The van der Waals surface area contributed by atoms with Gasteiger partial charge < -0.3 is 9.73 Å². The van der Waals surface area contributed by atoms with Crippen LogP contribution in [-0.2, 0) is 13.0 Å². The maximum Gasteiger partial charge on any atom is 0.247 e. The largest absolute Gasteiger partial charge is 0.421 e. The normalized spacial score (nSPS) is 12.1. The number of nitrogens with one attached hydrogen (secondary N) is 1. The third-order valence-electron chi connectivity index (χ3n) is 5.40. The summed E-state index contributed by atoms with van der Waals surface area (Å²) in [6.45, 7) is 4.29. The molecule has 0 aliphatic carbocycles. The molecule has 2 heterocycles. The number of aryl methyl sites for hydroxylation is 2. The second-order valence-electron chi connectivity index (χ2n) is 8.03. The first-order valence-electron chi connectivity index (χ1n) is 10.9. The SMILES string of the molecule is Cc1nnc(-c2ccc(CCC[C@H](C)NCc3ccc(-c4ncc(F)cn4)cc3F)cc2)o1. The van der Waals surface area contributed by atoms with Crippen LogP contribution < -0.4 is 5.32 Å². The molecule has 0 bridgehead atoms. The molecule has 0 unspecified atom stereocenters. The summed E-state index contributed by atoms with van der Waals surface area (Å²) in [7, 11) is 0. The average molecular weight is 450 g/mol. The molecule has 1 atom stereocenters. The van der Waals surface area contributed by atoms with E-state index in [-0.39, 0.29) is 11.9 Å². The van der Waals surface area contributed by atoms with Gasteiger partial charge in [-0.3, -0.25) is 0 Å². The summed E-state index contributed by atoms with van der Waals surface area (Å²) in [6.07, 6.45) is 5.07. The zero-order chi connectivity index (χ0) is 23.2. The van der Waals surface area contributed by atoms with Crippen molar-refractivity contribution in [2.45, 2.75) is 45.7 Å². The Kier molecular flexibility index (Phi) is 7.14. The minimum atomic E-state index is -0.523. The molecule has 0 aliphatic heterocycles. The van der Waals surface area contributed by atoms with Crippen LogP contribution in [0.2, 0.25) is 0 Å². The maximum atomic E-state index is 14.5. The molecule has 2 aromatic carbocycles. The monoisotopic (exact) mass is 449 g/mol. The van der Waals surface area contributed by atoms with Crippen molar-refractivity contribution in [1.29, 1.82) is 0 Å². The van der Waals surface area contributed by atoms with Crippen LogP contribution >= 0.6 is 0 Å². The minimum absolute atomic E-state index is 0.241. The third-order valence-corrected chi connectivity index (χ3v) is 5.40. The summed E-state index contributed by atoms with van der Waals surface area (Å²) in [5.74, 6) is 0.514. The highest BCUT2D eigenvalue weighted by atomic mass is 19.1. The van der Waals surface area contributed by atoms with Crippen LogP contribution in [0.4, 0.5) is 8.78 Å². The predicted molar refractivity (Wildman–Crippen MR) is 121 cm³/mol. The Morgan fingerprint density at radius 3 is 2.36 bits per heavy atom. The second kappa shape index (κ2) is 10.4. The van der Waals surface area contributed by atoms with E-state index >= 15 is 0 Å². The highest BCUT2D eigenvalue weighted by molar-refractivity contribution is 5.55. The summed E-state index contributed by atoms with van der Waals surface area (Å²) in [5, 5.41) is 11.3. The Bertz CT molecular complexity index is 1190. The molecule has 33 heavy (non-hydrogen) atoms. The van der Waals surface area contributed by atoms with Gasteiger partial charge in [0.2, 0.25) is 11.8 Å². The van der Waals surface area contributed by atoms with E-state index in [1.54, 1.807) is 19.1 Å². The first-order valence-corrected chi connectivity index (χ1v) is 10.9. The molecule has 4 rings (SSSR count). The van der Waals surface area contributed by atoms with Crippen molar-refractivity contribution < 1.29 is 13.2 Å². The Morgan fingerprint density at radius 1 is 0.970 bits per heavy atom. The van der Waals surface area contributed by atoms with Crippen molar-refractivity contribution in [3.8, 4) is 22.8 Å². The van der Waals surface area contributed by atoms with Crippen LogP contribution in [0.1, 0.15) is 36.8 Å². The van der Waals surface area contributed by atoms with Crippen molar-refractivity contribution in [2.24, 2.45) is 0 Å². The van der Waals surface area contributed by atoms with E-state index in [1.165, 1.54) is 11.6 Å². The molecule has 6 nitrogen and oxygen atoms in total. The number of hydrogen-bond donors (Lipinski definition) is 1. The molecule has 0 aliphatic rings. The van der Waals surface area contributed by atoms with Gasteiger partial charge in [0, 0.05) is 36.2 Å². The summed E-state index contributed by atoms with van der Waals surface area (Å²) in [6, 6.07) is 13.2. The van der Waals surface area contributed by atoms with Gasteiger partial charge in [0.15, 0.2) is 11.6 Å². The fourth-order valence-corrected chi connectivity index (χ4v) is 3.52. The average Bonchev–Trinajstić information content (AvgIpc) is 3.25. The predicted octanol–water partition coefficient (Wildman–Crippen LogP) is 5.28. The lowest BCUT2D eigenvalue weighted by molar-refractivity contribution is 0.488. The van der Waals surface area contributed by atoms with E-state index < -0.39 is 5.82 Å². The molecule has 1 N–H and O–H groups in total. The van der Waals surface area contributed by atoms with Gasteiger partial charge in [-0.05, 0) is 49.9 Å². The fourth-order valence-electron chi connectivity index (χ4n) is 3.52. The molecular weight excluding hydrogens is 424 g/mol. The van der Waals surface area contributed by atoms with Crippen molar-refractivity contribution in [3.05, 3.63) is 83.5 Å². The summed E-state index contributed by atoms with van der Waals surface area (Å²) in [4.78, 5) is 7.79. The number of nitrogens with zero attached hydrogens (tertiary/aromatic N) is 4. The Morgan fingerprint density at radius 2 is 1.70 bits per heavy atom. The second-order valence-corrected chi connectivity index (χ2v) is 8.03. The van der Waals surface area contributed by atoms with E-state index in [4.69, 9.17) is 4.42 Å². The number of aromatic nitrogens is 4. The molecule has 0 radical (unpaired) electrons. The van der Waals surface area contributed by atoms with Crippen LogP contribution in [0, 0.1) is 18.6 Å². The molecule has 0 saturated heterocycles. The van der Waals surface area contributed by atoms with Gasteiger partial charge in [0.25, 0.3) is 0 Å². The van der Waals surface area contributed by atoms with Crippen LogP contribution in [0.15, 0.2) is 59.3 Å². The maximum absolute atomic E-state index is 14.5. The van der Waals surface area contributed by atoms with Crippen LogP contribution in [0.5, 0.6) is 0 Å². The molecule has 0 fully saturated rings. The van der Waals surface area contributed by atoms with E-state index in [0.29, 0.717) is 35.3 Å². The molecule has 170 valence electrons. The number of rotatable bonds is 9. The van der Waals surface area contributed by atoms with Crippen molar-refractivity contribution >= 4 is 0 Å². The van der Waals surface area contributed by atoms with E-state index in [0.717, 1.165) is 37.2 Å². The van der Waals surface area contributed by atoms with Crippen molar-refractivity contribution in [3.63, 3.8) is 0 Å². The van der Waals surface area contributed by atoms with Crippen molar-refractivity contribution in [1.82, 2.24) is 25.5 Å². The number of hydrogen-bond acceptors (Lipinski definition) is 6. The highest BCUT2D eigenvalue weighted by Gasteiger charge is 2.10. The van der Waals surface area contributed by atoms with Gasteiger partial charge in [-0.2, -0.15) is 0 Å². The quantitative estimate of drug-likeness (QED) is 0.375. The van der Waals surface area contributed by atoms with Crippen LogP contribution in [0.25, 0.3) is 22.8 Å². The standard InChI is InChI=1S/C25H25F2N5O/c1-16(4-3-5-18-6-8-19(9-7-18)25-32-31-17(2)33-25)28-13-21-11-10-20(12-23(21)27)24-29-14-22(26)15-30-24/h6-12,14-16,28H,3-5,13H2,1-2H3/t16-/m0/s1. The summed E-state index contributed by atoms with van der Waals surface area (Å²) < 4.78 is 32.9. The highest BCUT2D eigenvalue weighted by Crippen LogP contribution is 2.20. The van der Waals surface area contributed by atoms with E-state index in [9.17, 15) is 8.78 Å². The molecule has 2 aromatic heterocycles. The molecule has 8 heteroatoms. The lowest BCUT2D eigenvalue weighted by atomic mass is 10.0. The van der Waals surface area contributed by atoms with Gasteiger partial charge in [0.05, 0.1) is 12.4 Å². The van der Waals surface area contributed by atoms with Crippen molar-refractivity contribution in [2.75, 3.05) is 0 Å². The lowest BCUT2D eigenvalue weighted by Gasteiger charge is -2.14. The zero-order valence-electron chi connectivity index (χ0n) is 18.6. The first kappa shape index (κ1) is 22.7. The molecule has 0 saturated carbocycles. The molecule has 0 spiro atoms. The lowest BCUT2D eigenvalue weighted by Crippen LogP contribution is -2.26. The van der Waals surface area contributed by atoms with Gasteiger partial charge in [-0.15, -0.1) is 10.2 Å². The summed E-state index contributed by atoms with van der Waals surface area (Å²) >= 11 is 0. The number of benzene rings is 2. The van der Waals surface area contributed by atoms with E-state index in [2.05, 4.69) is 44.5 Å². The van der Waals surface area contributed by atoms with Gasteiger partial charge in [-0.1, -0.05) is 24.3 Å². The smallest absolute Gasteiger partial charge is 0.247 e. The van der Waals surface area contributed by atoms with Gasteiger partial charge >= 0.3 is 0 Å². The van der Waals surface area contributed by atoms with Crippen LogP contribution in [0.3, 0.4) is 0 Å². The van der Waals surface area contributed by atoms with Crippen LogP contribution in [-0.4, -0.2) is 26.2 Å². The van der Waals surface area contributed by atoms with Gasteiger partial charge in [0.1, 0.15) is 5.82 Å². The number of halogens is 2. The Hall–Kier alpha value is -3.52. The third kappa shape index (κ3) is 6.04. The fraction of sp³-hybridized carbons (Fsp3) is 0.280. The zero-order valence-corrected chi connectivity index (χ0v) is 18.6.